The zero-order valence-corrected chi connectivity index (χ0v) is 15.5. The molecule has 0 saturated heterocycles. The SMILES string of the molecule is Cc1nnc(-c2cn(CC(=O)Nc3cccc(Br)c3)c3ccccc23)o1. The van der Waals surface area contributed by atoms with Crippen LogP contribution in [-0.4, -0.2) is 20.7 Å². The highest BCUT2D eigenvalue weighted by Crippen LogP contribution is 2.29. The Morgan fingerprint density at radius 1 is 1.19 bits per heavy atom. The number of nitrogens with zero attached hydrogens (tertiary/aromatic N) is 3. The van der Waals surface area contributed by atoms with Crippen molar-refractivity contribution < 1.29 is 9.21 Å². The highest BCUT2D eigenvalue weighted by molar-refractivity contribution is 9.10. The van der Waals surface area contributed by atoms with E-state index in [1.807, 2.05) is 59.3 Å². The monoisotopic (exact) mass is 410 g/mol. The number of nitrogens with one attached hydrogen (secondary N) is 1. The number of para-hydroxylation sites is 1. The maximum Gasteiger partial charge on any atom is 0.249 e. The number of hydrogen-bond donors (Lipinski definition) is 1. The normalized spacial score (nSPS) is 11.0. The lowest BCUT2D eigenvalue weighted by atomic mass is 10.2. The van der Waals surface area contributed by atoms with Gasteiger partial charge in [-0.15, -0.1) is 10.2 Å². The third kappa shape index (κ3) is 3.25. The molecule has 26 heavy (non-hydrogen) atoms. The third-order valence-corrected chi connectivity index (χ3v) is 4.46. The molecule has 0 atom stereocenters. The molecule has 0 radical (unpaired) electrons. The second-order valence-corrected chi connectivity index (χ2v) is 6.79. The van der Waals surface area contributed by atoms with Crippen LogP contribution in [-0.2, 0) is 11.3 Å². The maximum atomic E-state index is 12.5. The van der Waals surface area contributed by atoms with Gasteiger partial charge in [-0.25, -0.2) is 0 Å². The van der Waals surface area contributed by atoms with Crippen molar-refractivity contribution in [3.8, 4) is 11.5 Å². The molecule has 2 aromatic carbocycles. The summed E-state index contributed by atoms with van der Waals surface area (Å²) in [5.41, 5.74) is 2.49. The van der Waals surface area contributed by atoms with Crippen LogP contribution in [0, 0.1) is 6.92 Å². The van der Waals surface area contributed by atoms with Crippen LogP contribution in [0.4, 0.5) is 5.69 Å². The van der Waals surface area contributed by atoms with Gasteiger partial charge in [0.1, 0.15) is 6.54 Å². The highest BCUT2D eigenvalue weighted by atomic mass is 79.9. The summed E-state index contributed by atoms with van der Waals surface area (Å²) in [7, 11) is 0. The summed E-state index contributed by atoms with van der Waals surface area (Å²) >= 11 is 3.40. The topological polar surface area (TPSA) is 73.0 Å². The zero-order valence-electron chi connectivity index (χ0n) is 13.9. The van der Waals surface area contributed by atoms with Gasteiger partial charge < -0.3 is 14.3 Å². The predicted molar refractivity (Wildman–Crippen MR) is 103 cm³/mol. The molecule has 2 heterocycles. The van der Waals surface area contributed by atoms with Crippen molar-refractivity contribution in [3.63, 3.8) is 0 Å². The van der Waals surface area contributed by atoms with Crippen LogP contribution < -0.4 is 5.32 Å². The fourth-order valence-corrected chi connectivity index (χ4v) is 3.27. The third-order valence-electron chi connectivity index (χ3n) is 3.97. The summed E-state index contributed by atoms with van der Waals surface area (Å²) in [6.07, 6.45) is 1.87. The van der Waals surface area contributed by atoms with Crippen LogP contribution in [0.1, 0.15) is 5.89 Å². The van der Waals surface area contributed by atoms with Crippen molar-refractivity contribution in [2.24, 2.45) is 0 Å². The minimum absolute atomic E-state index is 0.114. The van der Waals surface area contributed by atoms with E-state index in [-0.39, 0.29) is 12.5 Å². The van der Waals surface area contributed by atoms with Gasteiger partial charge >= 0.3 is 0 Å². The second kappa shape index (κ2) is 6.76. The smallest absolute Gasteiger partial charge is 0.249 e. The molecule has 1 N–H and O–H groups in total. The van der Waals surface area contributed by atoms with E-state index in [1.165, 1.54) is 0 Å². The van der Waals surface area contributed by atoms with E-state index in [1.54, 1.807) is 6.92 Å². The van der Waals surface area contributed by atoms with Gasteiger partial charge in [0.15, 0.2) is 0 Å². The molecule has 130 valence electrons. The Labute approximate surface area is 158 Å². The van der Waals surface area contributed by atoms with Gasteiger partial charge in [0.05, 0.1) is 5.56 Å². The number of aromatic nitrogens is 3. The van der Waals surface area contributed by atoms with Crippen LogP contribution in [0.25, 0.3) is 22.4 Å². The Kier molecular flexibility index (Phi) is 4.30. The molecule has 1 amide bonds. The molecular formula is C19H15BrN4O2. The average molecular weight is 411 g/mol. The number of fused-ring (bicyclic) bond motifs is 1. The molecule has 0 unspecified atom stereocenters. The van der Waals surface area contributed by atoms with Crippen molar-refractivity contribution in [1.29, 1.82) is 0 Å². The fraction of sp³-hybridized carbons (Fsp3) is 0.105. The molecule has 4 rings (SSSR count). The van der Waals surface area contributed by atoms with E-state index in [9.17, 15) is 4.79 Å². The predicted octanol–water partition coefficient (Wildman–Crippen LogP) is 4.40. The number of aryl methyl sites for hydroxylation is 1. The molecule has 4 aromatic rings. The van der Waals surface area contributed by atoms with Crippen molar-refractivity contribution in [2.45, 2.75) is 13.5 Å². The number of carbonyl (C=O) groups is 1. The molecule has 0 aliphatic rings. The zero-order chi connectivity index (χ0) is 18.1. The summed E-state index contributed by atoms with van der Waals surface area (Å²) in [4.78, 5) is 12.5. The Balaban J connectivity index is 1.65. The first-order valence-corrected chi connectivity index (χ1v) is 8.83. The lowest BCUT2D eigenvalue weighted by molar-refractivity contribution is -0.116. The van der Waals surface area contributed by atoms with Gasteiger partial charge in [-0.1, -0.05) is 40.2 Å². The van der Waals surface area contributed by atoms with Crippen molar-refractivity contribution >= 4 is 38.4 Å². The molecule has 0 spiro atoms. The minimum atomic E-state index is -0.114. The molecule has 0 fully saturated rings. The number of hydrogen-bond acceptors (Lipinski definition) is 4. The van der Waals surface area contributed by atoms with Gasteiger partial charge in [0, 0.05) is 34.2 Å². The first-order chi connectivity index (χ1) is 12.6. The molecule has 7 heteroatoms. The summed E-state index contributed by atoms with van der Waals surface area (Å²) in [6, 6.07) is 15.3. The Bertz CT molecular complexity index is 1100. The number of carbonyl (C=O) groups excluding carboxylic acids is 1. The first kappa shape index (κ1) is 16.5. The van der Waals surface area contributed by atoms with E-state index >= 15 is 0 Å². The van der Waals surface area contributed by atoms with E-state index in [4.69, 9.17) is 4.42 Å². The molecule has 0 aliphatic carbocycles. The Hall–Kier alpha value is -2.93. The van der Waals surface area contributed by atoms with Gasteiger partial charge in [-0.05, 0) is 24.3 Å². The summed E-state index contributed by atoms with van der Waals surface area (Å²) in [5.74, 6) is 0.839. The molecule has 6 nitrogen and oxygen atoms in total. The van der Waals surface area contributed by atoms with E-state index in [0.29, 0.717) is 11.8 Å². The number of rotatable bonds is 4. The Morgan fingerprint density at radius 2 is 2.04 bits per heavy atom. The van der Waals surface area contributed by atoms with Crippen LogP contribution >= 0.6 is 15.9 Å². The average Bonchev–Trinajstić information content (AvgIpc) is 3.19. The molecular weight excluding hydrogens is 396 g/mol. The largest absolute Gasteiger partial charge is 0.421 e. The van der Waals surface area contributed by atoms with Crippen LogP contribution in [0.15, 0.2) is 63.6 Å². The molecule has 2 aromatic heterocycles. The van der Waals surface area contributed by atoms with Gasteiger partial charge in [0.25, 0.3) is 0 Å². The van der Waals surface area contributed by atoms with E-state index < -0.39 is 0 Å². The van der Waals surface area contributed by atoms with Crippen molar-refractivity contribution in [3.05, 3.63) is 65.1 Å². The maximum absolute atomic E-state index is 12.5. The standard InChI is InChI=1S/C19H15BrN4O2/c1-12-22-23-19(26-12)16-10-24(17-8-3-2-7-15(16)17)11-18(25)21-14-6-4-5-13(20)9-14/h2-10H,11H2,1H3,(H,21,25). The van der Waals surface area contributed by atoms with Crippen LogP contribution in [0.3, 0.4) is 0 Å². The molecule has 0 aliphatic heterocycles. The van der Waals surface area contributed by atoms with Crippen LogP contribution in [0.2, 0.25) is 0 Å². The summed E-state index contributed by atoms with van der Waals surface area (Å²) in [5, 5.41) is 11.9. The van der Waals surface area contributed by atoms with Gasteiger partial charge in [-0.2, -0.15) is 0 Å². The van der Waals surface area contributed by atoms with E-state index in [2.05, 4.69) is 31.4 Å². The van der Waals surface area contributed by atoms with Crippen molar-refractivity contribution in [1.82, 2.24) is 14.8 Å². The van der Waals surface area contributed by atoms with E-state index in [0.717, 1.165) is 26.6 Å². The minimum Gasteiger partial charge on any atom is -0.421 e. The number of benzene rings is 2. The molecule has 0 bridgehead atoms. The second-order valence-electron chi connectivity index (χ2n) is 5.87. The summed E-state index contributed by atoms with van der Waals surface area (Å²) < 4.78 is 8.36. The lowest BCUT2D eigenvalue weighted by Gasteiger charge is -2.07. The molecule has 0 saturated carbocycles. The summed E-state index contributed by atoms with van der Waals surface area (Å²) in [6.45, 7) is 1.93. The number of halogens is 1. The van der Waals surface area contributed by atoms with Gasteiger partial charge in [-0.3, -0.25) is 4.79 Å². The fourth-order valence-electron chi connectivity index (χ4n) is 2.87. The number of anilines is 1. The quantitative estimate of drug-likeness (QED) is 0.540. The first-order valence-electron chi connectivity index (χ1n) is 8.04. The highest BCUT2D eigenvalue weighted by Gasteiger charge is 2.16. The van der Waals surface area contributed by atoms with Crippen molar-refractivity contribution in [2.75, 3.05) is 5.32 Å². The van der Waals surface area contributed by atoms with Crippen LogP contribution in [0.5, 0.6) is 0 Å². The van der Waals surface area contributed by atoms with Gasteiger partial charge in [0.2, 0.25) is 17.7 Å². The number of amides is 1. The Morgan fingerprint density at radius 3 is 2.81 bits per heavy atom. The lowest BCUT2D eigenvalue weighted by Crippen LogP contribution is -2.18.